The number of carboxylic acids is 1. The summed E-state index contributed by atoms with van der Waals surface area (Å²) in [6.07, 6.45) is 3.29. The number of Topliss-reactive ketones (excluding diaryl/α,β-unsaturated/α-hetero) is 1. The molecule has 1 aliphatic carbocycles. The third kappa shape index (κ3) is 5.63. The highest BCUT2D eigenvalue weighted by molar-refractivity contribution is 9.10. The van der Waals surface area contributed by atoms with Crippen LogP contribution in [0, 0.1) is 17.2 Å². The van der Waals surface area contributed by atoms with Gasteiger partial charge in [0.25, 0.3) is 0 Å². The number of nitriles is 1. The van der Waals surface area contributed by atoms with Crippen LogP contribution in [0.25, 0.3) is 0 Å². The van der Waals surface area contributed by atoms with Gasteiger partial charge in [-0.05, 0) is 83.9 Å². The van der Waals surface area contributed by atoms with Crippen molar-refractivity contribution in [1.82, 2.24) is 5.32 Å². The monoisotopic (exact) mass is 578 g/mol. The SMILES string of the molecule is CCCC1CC(=O)C2=C(C1)NC(C)=C(C#N)C2c1cc(Br)c(OCc2cccc(C(=O)O)c2)c(OCC)c1. The fraction of sp³-hybridized carbons (Fsp3) is 0.367. The molecule has 2 aromatic rings. The molecule has 2 aliphatic rings. The first kappa shape index (κ1) is 27.5. The van der Waals surface area contributed by atoms with Crippen LogP contribution in [0.4, 0.5) is 0 Å². The van der Waals surface area contributed by atoms with Gasteiger partial charge in [-0.2, -0.15) is 5.26 Å². The molecule has 4 rings (SSSR count). The molecule has 38 heavy (non-hydrogen) atoms. The molecule has 2 atom stereocenters. The van der Waals surface area contributed by atoms with E-state index in [1.165, 1.54) is 6.07 Å². The summed E-state index contributed by atoms with van der Waals surface area (Å²) in [6, 6.07) is 12.6. The number of allylic oxidation sites excluding steroid dienone is 4. The molecule has 0 fully saturated rings. The molecule has 2 unspecified atom stereocenters. The Morgan fingerprint density at radius 2 is 2.00 bits per heavy atom. The van der Waals surface area contributed by atoms with Crippen LogP contribution in [0.3, 0.4) is 0 Å². The number of aromatic carboxylic acids is 1. The molecule has 0 saturated heterocycles. The van der Waals surface area contributed by atoms with Crippen LogP contribution in [-0.2, 0) is 11.4 Å². The van der Waals surface area contributed by atoms with Gasteiger partial charge in [0.05, 0.1) is 34.2 Å². The highest BCUT2D eigenvalue weighted by Gasteiger charge is 2.39. The normalized spacial score (nSPS) is 19.0. The van der Waals surface area contributed by atoms with E-state index in [-0.39, 0.29) is 18.0 Å². The van der Waals surface area contributed by atoms with Crippen molar-refractivity contribution in [3.63, 3.8) is 0 Å². The van der Waals surface area contributed by atoms with E-state index in [0.717, 1.165) is 36.2 Å². The average Bonchev–Trinajstić information content (AvgIpc) is 2.87. The zero-order chi connectivity index (χ0) is 27.4. The van der Waals surface area contributed by atoms with Gasteiger partial charge in [-0.1, -0.05) is 25.5 Å². The Kier molecular flexibility index (Phi) is 8.58. The van der Waals surface area contributed by atoms with Crippen LogP contribution in [0.2, 0.25) is 0 Å². The minimum atomic E-state index is -1.00. The van der Waals surface area contributed by atoms with Gasteiger partial charge in [0, 0.05) is 23.4 Å². The van der Waals surface area contributed by atoms with Crippen molar-refractivity contribution in [3.05, 3.63) is 80.1 Å². The van der Waals surface area contributed by atoms with Crippen LogP contribution in [0.15, 0.2) is 63.4 Å². The number of benzene rings is 2. The second-order valence-corrected chi connectivity index (χ2v) is 10.5. The van der Waals surface area contributed by atoms with Crippen molar-refractivity contribution in [1.29, 1.82) is 5.26 Å². The minimum Gasteiger partial charge on any atom is -0.490 e. The van der Waals surface area contributed by atoms with Gasteiger partial charge in [0.1, 0.15) is 6.61 Å². The molecule has 198 valence electrons. The fourth-order valence-corrected chi connectivity index (χ4v) is 5.89. The van der Waals surface area contributed by atoms with E-state index in [1.54, 1.807) is 18.2 Å². The number of rotatable bonds is 9. The lowest BCUT2D eigenvalue weighted by atomic mass is 9.72. The number of hydrogen-bond acceptors (Lipinski definition) is 6. The Morgan fingerprint density at radius 3 is 2.68 bits per heavy atom. The molecule has 0 amide bonds. The lowest BCUT2D eigenvalue weighted by Gasteiger charge is -2.35. The Labute approximate surface area is 231 Å². The van der Waals surface area contributed by atoms with Crippen molar-refractivity contribution in [2.45, 2.75) is 59.0 Å². The van der Waals surface area contributed by atoms with Crippen molar-refractivity contribution in [3.8, 4) is 17.6 Å². The lowest BCUT2D eigenvalue weighted by molar-refractivity contribution is -0.117. The molecule has 7 nitrogen and oxygen atoms in total. The second kappa shape index (κ2) is 11.9. The van der Waals surface area contributed by atoms with Gasteiger partial charge in [-0.15, -0.1) is 0 Å². The van der Waals surface area contributed by atoms with Crippen LogP contribution >= 0.6 is 15.9 Å². The number of carboxylic acid groups (broad SMARTS) is 1. The summed E-state index contributed by atoms with van der Waals surface area (Å²) >= 11 is 3.62. The van der Waals surface area contributed by atoms with Crippen LogP contribution in [-0.4, -0.2) is 23.5 Å². The molecule has 0 radical (unpaired) electrons. The number of halogens is 1. The lowest BCUT2D eigenvalue weighted by Crippen LogP contribution is -2.34. The third-order valence-corrected chi connectivity index (χ3v) is 7.54. The molecule has 0 spiro atoms. The molecule has 0 saturated carbocycles. The van der Waals surface area contributed by atoms with E-state index in [1.807, 2.05) is 26.0 Å². The highest BCUT2D eigenvalue weighted by Crippen LogP contribution is 2.47. The Morgan fingerprint density at radius 1 is 1.21 bits per heavy atom. The number of dihydropyridines is 1. The van der Waals surface area contributed by atoms with Crippen LogP contribution < -0.4 is 14.8 Å². The zero-order valence-electron chi connectivity index (χ0n) is 21.8. The van der Waals surface area contributed by atoms with E-state index >= 15 is 0 Å². The third-order valence-electron chi connectivity index (χ3n) is 6.95. The molecule has 8 heteroatoms. The first-order chi connectivity index (χ1) is 18.3. The van der Waals surface area contributed by atoms with Crippen LogP contribution in [0.1, 0.15) is 73.9 Å². The number of ketones is 1. The predicted octanol–water partition coefficient (Wildman–Crippen LogP) is 6.64. The maximum Gasteiger partial charge on any atom is 0.335 e. The number of nitrogens with one attached hydrogen (secondary N) is 1. The molecular weight excluding hydrogens is 548 g/mol. The minimum absolute atomic E-state index is 0.0789. The van der Waals surface area contributed by atoms with Crippen LogP contribution in [0.5, 0.6) is 11.5 Å². The van der Waals surface area contributed by atoms with E-state index < -0.39 is 11.9 Å². The first-order valence-electron chi connectivity index (χ1n) is 12.8. The molecule has 0 aromatic heterocycles. The number of nitrogens with zero attached hydrogens (tertiary/aromatic N) is 1. The van der Waals surface area contributed by atoms with Gasteiger partial charge in [0.2, 0.25) is 0 Å². The van der Waals surface area contributed by atoms with E-state index in [4.69, 9.17) is 9.47 Å². The van der Waals surface area contributed by atoms with Gasteiger partial charge in [-0.3, -0.25) is 4.79 Å². The highest BCUT2D eigenvalue weighted by atomic mass is 79.9. The Hall–Kier alpha value is -3.57. The zero-order valence-corrected chi connectivity index (χ0v) is 23.4. The van der Waals surface area contributed by atoms with Crippen molar-refractivity contribution >= 4 is 27.7 Å². The number of hydrogen-bond donors (Lipinski definition) is 2. The fourth-order valence-electron chi connectivity index (χ4n) is 5.32. The standard InChI is InChI=1S/C30H31BrN2O5/c1-4-7-18-11-24-28(25(34)12-18)27(22(15-32)17(3)33-24)21-13-23(31)29(26(14-21)37-5-2)38-16-19-8-6-9-20(10-19)30(35)36/h6,8-10,13-14,18,27,33H,4-5,7,11-12,16H2,1-3H3,(H,35,36). The summed E-state index contributed by atoms with van der Waals surface area (Å²) < 4.78 is 12.7. The average molecular weight is 579 g/mol. The number of carbonyl (C=O) groups is 2. The van der Waals surface area contributed by atoms with E-state index in [0.29, 0.717) is 51.6 Å². The molecular formula is C30H31BrN2O5. The quantitative estimate of drug-likeness (QED) is 0.343. The summed E-state index contributed by atoms with van der Waals surface area (Å²) in [5.41, 5.74) is 4.50. The number of ether oxygens (including phenoxy) is 2. The molecule has 1 heterocycles. The summed E-state index contributed by atoms with van der Waals surface area (Å²) in [5, 5.41) is 22.7. The van der Waals surface area contributed by atoms with Gasteiger partial charge in [-0.25, -0.2) is 4.79 Å². The molecule has 1 aliphatic heterocycles. The second-order valence-electron chi connectivity index (χ2n) is 9.64. The maximum absolute atomic E-state index is 13.4. The Bertz CT molecular complexity index is 1370. The van der Waals surface area contributed by atoms with Crippen molar-refractivity contribution in [2.75, 3.05) is 6.61 Å². The van der Waals surface area contributed by atoms with Crippen molar-refractivity contribution < 1.29 is 24.2 Å². The topological polar surface area (TPSA) is 109 Å². The first-order valence-corrected chi connectivity index (χ1v) is 13.6. The van der Waals surface area contributed by atoms with E-state index in [9.17, 15) is 20.0 Å². The smallest absolute Gasteiger partial charge is 0.335 e. The largest absolute Gasteiger partial charge is 0.490 e. The maximum atomic E-state index is 13.4. The van der Waals surface area contributed by atoms with Gasteiger partial charge >= 0.3 is 5.97 Å². The summed E-state index contributed by atoms with van der Waals surface area (Å²) in [5.74, 6) is -0.168. The van der Waals surface area contributed by atoms with Crippen molar-refractivity contribution in [2.24, 2.45) is 5.92 Å². The molecule has 2 aromatic carbocycles. The summed E-state index contributed by atoms with van der Waals surface area (Å²) in [7, 11) is 0. The Balaban J connectivity index is 1.73. The number of carbonyl (C=O) groups excluding carboxylic acids is 1. The van der Waals surface area contributed by atoms with Gasteiger partial charge < -0.3 is 19.9 Å². The summed E-state index contributed by atoms with van der Waals surface area (Å²) in [4.78, 5) is 24.8. The molecule has 2 N–H and O–H groups in total. The summed E-state index contributed by atoms with van der Waals surface area (Å²) in [6.45, 7) is 6.41. The molecule has 0 bridgehead atoms. The van der Waals surface area contributed by atoms with E-state index in [2.05, 4.69) is 34.2 Å². The van der Waals surface area contributed by atoms with Gasteiger partial charge in [0.15, 0.2) is 17.3 Å². The predicted molar refractivity (Wildman–Crippen MR) is 147 cm³/mol.